The Bertz CT molecular complexity index is 817. The highest BCUT2D eigenvalue weighted by atomic mass is 32.2. The van der Waals surface area contributed by atoms with Gasteiger partial charge in [0.1, 0.15) is 5.82 Å². The van der Waals surface area contributed by atoms with Crippen LogP contribution in [0.5, 0.6) is 0 Å². The lowest BCUT2D eigenvalue weighted by molar-refractivity contribution is -0.120. The third-order valence-electron chi connectivity index (χ3n) is 5.32. The summed E-state index contributed by atoms with van der Waals surface area (Å²) in [6.45, 7) is 7.50. The summed E-state index contributed by atoms with van der Waals surface area (Å²) in [7, 11) is 0. The lowest BCUT2D eigenvalue weighted by Gasteiger charge is -2.22. The normalized spacial score (nSPS) is 16.2. The number of amides is 1. The number of hydrogen-bond acceptors (Lipinski definition) is 4. The minimum atomic E-state index is -0.320. The Morgan fingerprint density at radius 1 is 1.21 bits per heavy atom. The van der Waals surface area contributed by atoms with Crippen molar-refractivity contribution in [3.05, 3.63) is 30.1 Å². The minimum absolute atomic E-state index is 0.0205. The largest absolute Gasteiger partial charge is 0.355 e. The average Bonchev–Trinajstić information content (AvgIpc) is 3.08. The van der Waals surface area contributed by atoms with E-state index < -0.39 is 0 Å². The summed E-state index contributed by atoms with van der Waals surface area (Å²) in [4.78, 5) is 12.6. The molecule has 1 amide bonds. The lowest BCUT2D eigenvalue weighted by atomic mass is 9.89. The lowest BCUT2D eigenvalue weighted by Crippen LogP contribution is -2.35. The highest BCUT2D eigenvalue weighted by Crippen LogP contribution is 2.29. The van der Waals surface area contributed by atoms with Gasteiger partial charge < -0.3 is 9.88 Å². The summed E-state index contributed by atoms with van der Waals surface area (Å²) >= 11 is 1.38. The molecule has 0 aliphatic heterocycles. The molecular weight excluding hydrogens is 387 g/mol. The quantitative estimate of drug-likeness (QED) is 0.618. The summed E-state index contributed by atoms with van der Waals surface area (Å²) < 4.78 is 16.2. The second kappa shape index (κ2) is 10.2. The molecule has 1 aliphatic rings. The van der Waals surface area contributed by atoms with Crippen LogP contribution in [0.25, 0.3) is 11.4 Å². The molecule has 1 saturated carbocycles. The average molecular weight is 419 g/mol. The van der Waals surface area contributed by atoms with Crippen LogP contribution in [0.2, 0.25) is 0 Å². The van der Waals surface area contributed by atoms with Crippen LogP contribution in [0.15, 0.2) is 29.4 Å². The van der Waals surface area contributed by atoms with Gasteiger partial charge >= 0.3 is 0 Å². The van der Waals surface area contributed by atoms with Gasteiger partial charge in [-0.3, -0.25) is 4.79 Å². The van der Waals surface area contributed by atoms with E-state index in [2.05, 4.69) is 29.4 Å². The van der Waals surface area contributed by atoms with Crippen LogP contribution in [-0.4, -0.2) is 32.5 Å². The Morgan fingerprint density at radius 2 is 1.93 bits per heavy atom. The minimum Gasteiger partial charge on any atom is -0.355 e. The number of hydrogen-bond donors (Lipinski definition) is 1. The van der Waals surface area contributed by atoms with Crippen molar-refractivity contribution in [3.8, 4) is 11.4 Å². The van der Waals surface area contributed by atoms with E-state index in [1.165, 1.54) is 49.9 Å². The summed E-state index contributed by atoms with van der Waals surface area (Å²) in [5.74, 6) is 1.15. The first-order valence-corrected chi connectivity index (χ1v) is 11.5. The molecule has 1 aromatic carbocycles. The molecule has 1 aliphatic carbocycles. The van der Waals surface area contributed by atoms with Crippen molar-refractivity contribution in [2.45, 2.75) is 69.8 Å². The summed E-state index contributed by atoms with van der Waals surface area (Å²) in [5.41, 5.74) is 0.432. The van der Waals surface area contributed by atoms with Crippen molar-refractivity contribution in [1.82, 2.24) is 20.1 Å². The number of thioether (sulfide) groups is 1. The standard InChI is InChI=1S/C22H31FN4OS/c1-15(2)14-27-20(18-11-7-8-12-19(18)23)25-26-22(27)29-16(3)21(28)24-13-17-9-5-4-6-10-17/h7-8,11-12,15-17H,4-6,9-10,13-14H2,1-3H3,(H,24,28)/t16-/m1/s1. The highest BCUT2D eigenvalue weighted by molar-refractivity contribution is 8.00. The van der Waals surface area contributed by atoms with Crippen LogP contribution in [0, 0.1) is 17.7 Å². The zero-order valence-electron chi connectivity index (χ0n) is 17.5. The molecule has 158 valence electrons. The number of carbonyl (C=O) groups excluding carboxylic acids is 1. The second-order valence-corrected chi connectivity index (χ2v) is 9.61. The third-order valence-corrected chi connectivity index (χ3v) is 6.40. The van der Waals surface area contributed by atoms with E-state index in [0.717, 1.165) is 6.54 Å². The van der Waals surface area contributed by atoms with Crippen molar-refractivity contribution >= 4 is 17.7 Å². The van der Waals surface area contributed by atoms with Gasteiger partial charge in [-0.2, -0.15) is 0 Å². The van der Waals surface area contributed by atoms with Crippen LogP contribution >= 0.6 is 11.8 Å². The first kappa shape index (κ1) is 21.8. The molecule has 1 aromatic heterocycles. The molecule has 3 rings (SSSR count). The van der Waals surface area contributed by atoms with Gasteiger partial charge in [0, 0.05) is 13.1 Å². The molecular formula is C22H31FN4OS. The Kier molecular flexibility index (Phi) is 7.70. The number of benzene rings is 1. The van der Waals surface area contributed by atoms with Gasteiger partial charge in [-0.1, -0.05) is 57.0 Å². The maximum Gasteiger partial charge on any atom is 0.233 e. The van der Waals surface area contributed by atoms with Crippen molar-refractivity contribution < 1.29 is 9.18 Å². The van der Waals surface area contributed by atoms with Crippen LogP contribution in [0.4, 0.5) is 4.39 Å². The Morgan fingerprint density at radius 3 is 2.62 bits per heavy atom. The van der Waals surface area contributed by atoms with Gasteiger partial charge in [0.2, 0.25) is 5.91 Å². The van der Waals surface area contributed by atoms with Crippen LogP contribution in [-0.2, 0) is 11.3 Å². The number of aromatic nitrogens is 3. The van der Waals surface area contributed by atoms with Gasteiger partial charge in [-0.15, -0.1) is 10.2 Å². The van der Waals surface area contributed by atoms with Gasteiger partial charge in [-0.25, -0.2) is 4.39 Å². The topological polar surface area (TPSA) is 59.8 Å². The van der Waals surface area contributed by atoms with Crippen LogP contribution in [0.1, 0.15) is 52.9 Å². The highest BCUT2D eigenvalue weighted by Gasteiger charge is 2.23. The SMILES string of the molecule is CC(C)Cn1c(S[C@H](C)C(=O)NCC2CCCCC2)nnc1-c1ccccc1F. The van der Waals surface area contributed by atoms with Crippen molar-refractivity contribution in [3.63, 3.8) is 0 Å². The van der Waals surface area contributed by atoms with E-state index in [-0.39, 0.29) is 17.0 Å². The summed E-state index contributed by atoms with van der Waals surface area (Å²) in [6, 6.07) is 6.60. The van der Waals surface area contributed by atoms with Gasteiger partial charge in [0.15, 0.2) is 11.0 Å². The predicted octanol–water partition coefficient (Wildman–Crippen LogP) is 4.92. The van der Waals surface area contributed by atoms with Gasteiger partial charge in [-0.05, 0) is 43.7 Å². The first-order valence-electron chi connectivity index (χ1n) is 10.6. The molecule has 0 spiro atoms. The van der Waals surface area contributed by atoms with E-state index in [4.69, 9.17) is 0 Å². The zero-order valence-corrected chi connectivity index (χ0v) is 18.3. The number of nitrogens with zero attached hydrogens (tertiary/aromatic N) is 3. The fraction of sp³-hybridized carbons (Fsp3) is 0.591. The van der Waals surface area contributed by atoms with E-state index >= 15 is 0 Å². The maximum atomic E-state index is 14.3. The van der Waals surface area contributed by atoms with Crippen molar-refractivity contribution in [1.29, 1.82) is 0 Å². The Labute approximate surface area is 176 Å². The summed E-state index contributed by atoms with van der Waals surface area (Å²) in [5, 5.41) is 12.0. The summed E-state index contributed by atoms with van der Waals surface area (Å²) in [6.07, 6.45) is 6.25. The zero-order chi connectivity index (χ0) is 20.8. The fourth-order valence-electron chi connectivity index (χ4n) is 3.74. The number of nitrogens with one attached hydrogen (secondary N) is 1. The third kappa shape index (κ3) is 5.81. The molecule has 0 unspecified atom stereocenters. The van der Waals surface area contributed by atoms with Crippen LogP contribution in [0.3, 0.4) is 0 Å². The second-order valence-electron chi connectivity index (χ2n) is 8.30. The van der Waals surface area contributed by atoms with E-state index in [1.807, 2.05) is 11.5 Å². The Balaban J connectivity index is 1.70. The van der Waals surface area contributed by atoms with Gasteiger partial charge in [0.25, 0.3) is 0 Å². The molecule has 1 fully saturated rings. The maximum absolute atomic E-state index is 14.3. The smallest absolute Gasteiger partial charge is 0.233 e. The van der Waals surface area contributed by atoms with E-state index in [1.54, 1.807) is 18.2 Å². The molecule has 1 N–H and O–H groups in total. The van der Waals surface area contributed by atoms with E-state index in [0.29, 0.717) is 34.9 Å². The molecule has 2 aromatic rings. The molecule has 5 nitrogen and oxygen atoms in total. The van der Waals surface area contributed by atoms with Crippen molar-refractivity contribution in [2.75, 3.05) is 6.54 Å². The Hall–Kier alpha value is -1.89. The number of halogens is 1. The molecule has 0 bridgehead atoms. The fourth-order valence-corrected chi connectivity index (χ4v) is 4.62. The molecule has 1 heterocycles. The van der Waals surface area contributed by atoms with E-state index in [9.17, 15) is 9.18 Å². The van der Waals surface area contributed by atoms with Gasteiger partial charge in [0.05, 0.1) is 10.8 Å². The molecule has 29 heavy (non-hydrogen) atoms. The number of rotatable bonds is 8. The molecule has 0 saturated heterocycles. The predicted molar refractivity (Wildman–Crippen MR) is 115 cm³/mol. The van der Waals surface area contributed by atoms with Crippen molar-refractivity contribution in [2.24, 2.45) is 11.8 Å². The molecule has 7 heteroatoms. The molecule has 0 radical (unpaired) electrons. The van der Waals surface area contributed by atoms with Crippen LogP contribution < -0.4 is 5.32 Å². The first-order chi connectivity index (χ1) is 14.0. The monoisotopic (exact) mass is 418 g/mol. The molecule has 1 atom stereocenters. The number of carbonyl (C=O) groups is 1.